The molecule has 1 aromatic carbocycles. The number of hydrogen-bond acceptors (Lipinski definition) is 4. The van der Waals surface area contributed by atoms with E-state index in [1.165, 1.54) is 10.6 Å². The fourth-order valence-corrected chi connectivity index (χ4v) is 3.61. The molecule has 6 nitrogen and oxygen atoms in total. The largest absolute Gasteiger partial charge is 0.329 e. The molecule has 0 bridgehead atoms. The number of hydrogen-bond donors (Lipinski definition) is 1. The lowest BCUT2D eigenvalue weighted by Gasteiger charge is -2.18. The van der Waals surface area contributed by atoms with Gasteiger partial charge in [-0.3, -0.25) is 24.1 Å². The number of aromatic amines is 1. The van der Waals surface area contributed by atoms with Gasteiger partial charge in [-0.2, -0.15) is 0 Å². The van der Waals surface area contributed by atoms with Gasteiger partial charge in [-0.15, -0.1) is 0 Å². The summed E-state index contributed by atoms with van der Waals surface area (Å²) in [6, 6.07) is 8.32. The highest BCUT2D eigenvalue weighted by molar-refractivity contribution is 6.09. The number of halogens is 1. The standard InChI is InChI=1S/C23H24FN3O3/c1-13(2)19-20(21(28)18-8-14(3)7-17(10-18)11-24)27(23(30)26-22(19)29)12-16-5-6-25-15(4)9-16/h5-10,13H,11-12H2,1-4H3,(H,26,29,30). The van der Waals surface area contributed by atoms with E-state index in [4.69, 9.17) is 0 Å². The first kappa shape index (κ1) is 21.4. The highest BCUT2D eigenvalue weighted by Crippen LogP contribution is 2.21. The van der Waals surface area contributed by atoms with Gasteiger partial charge >= 0.3 is 5.69 Å². The Bertz CT molecular complexity index is 1230. The van der Waals surface area contributed by atoms with Crippen molar-refractivity contribution in [3.05, 3.63) is 96.6 Å². The molecular formula is C23H24FN3O3. The van der Waals surface area contributed by atoms with Crippen LogP contribution in [0, 0.1) is 13.8 Å². The second-order valence-corrected chi connectivity index (χ2v) is 7.74. The lowest BCUT2D eigenvalue weighted by Crippen LogP contribution is -2.38. The zero-order valence-electron chi connectivity index (χ0n) is 17.5. The molecule has 0 aliphatic carbocycles. The van der Waals surface area contributed by atoms with Crippen LogP contribution in [-0.4, -0.2) is 20.3 Å². The van der Waals surface area contributed by atoms with E-state index in [0.717, 1.165) is 16.8 Å². The van der Waals surface area contributed by atoms with Gasteiger partial charge in [0, 0.05) is 23.0 Å². The van der Waals surface area contributed by atoms with Crippen LogP contribution in [0.5, 0.6) is 0 Å². The van der Waals surface area contributed by atoms with Crippen molar-refractivity contribution in [2.45, 2.75) is 46.8 Å². The summed E-state index contributed by atoms with van der Waals surface area (Å²) in [5.41, 5.74) is 1.89. The molecule has 3 rings (SSSR count). The fourth-order valence-electron chi connectivity index (χ4n) is 3.61. The molecule has 0 fully saturated rings. The van der Waals surface area contributed by atoms with Gasteiger partial charge in [-0.25, -0.2) is 9.18 Å². The number of nitrogens with one attached hydrogen (secondary N) is 1. The molecule has 0 atom stereocenters. The summed E-state index contributed by atoms with van der Waals surface area (Å²) in [4.78, 5) is 45.3. The van der Waals surface area contributed by atoms with Crippen molar-refractivity contribution in [2.75, 3.05) is 0 Å². The molecule has 2 aromatic heterocycles. The van der Waals surface area contributed by atoms with Gasteiger partial charge in [0.1, 0.15) is 12.4 Å². The van der Waals surface area contributed by atoms with E-state index in [9.17, 15) is 18.8 Å². The number of alkyl halides is 1. The van der Waals surface area contributed by atoms with Gasteiger partial charge in [0.2, 0.25) is 5.78 Å². The van der Waals surface area contributed by atoms with Crippen molar-refractivity contribution in [3.63, 3.8) is 0 Å². The first-order chi connectivity index (χ1) is 14.2. The number of aryl methyl sites for hydroxylation is 2. The number of nitrogens with zero attached hydrogens (tertiary/aromatic N) is 2. The maximum Gasteiger partial charge on any atom is 0.329 e. The van der Waals surface area contributed by atoms with Crippen LogP contribution < -0.4 is 11.2 Å². The third kappa shape index (κ3) is 4.30. The molecule has 0 saturated heterocycles. The van der Waals surface area contributed by atoms with Gasteiger partial charge in [-0.05, 0) is 55.2 Å². The number of aromatic nitrogens is 3. The molecule has 7 heteroatoms. The molecule has 0 aliphatic heterocycles. The van der Waals surface area contributed by atoms with E-state index in [0.29, 0.717) is 5.56 Å². The third-order valence-electron chi connectivity index (χ3n) is 4.88. The number of pyridine rings is 1. The van der Waals surface area contributed by atoms with E-state index in [1.807, 2.05) is 13.0 Å². The van der Waals surface area contributed by atoms with Crippen molar-refractivity contribution >= 4 is 5.78 Å². The average Bonchev–Trinajstić information content (AvgIpc) is 2.68. The van der Waals surface area contributed by atoms with Crippen LogP contribution in [0.4, 0.5) is 4.39 Å². The first-order valence-corrected chi connectivity index (χ1v) is 9.71. The molecule has 2 heterocycles. The topological polar surface area (TPSA) is 84.8 Å². The Morgan fingerprint density at radius 2 is 1.87 bits per heavy atom. The van der Waals surface area contributed by atoms with E-state index in [-0.39, 0.29) is 29.3 Å². The number of benzene rings is 1. The maximum absolute atomic E-state index is 13.5. The van der Waals surface area contributed by atoms with E-state index in [1.54, 1.807) is 45.2 Å². The number of rotatable bonds is 6. The second-order valence-electron chi connectivity index (χ2n) is 7.74. The Balaban J connectivity index is 2.27. The van der Waals surface area contributed by atoms with Crippen LogP contribution in [0.1, 0.15) is 63.8 Å². The minimum absolute atomic E-state index is 0.0311. The van der Waals surface area contributed by atoms with Gasteiger partial charge in [0.25, 0.3) is 5.56 Å². The van der Waals surface area contributed by atoms with Gasteiger partial charge in [0.15, 0.2) is 0 Å². The normalized spacial score (nSPS) is 11.1. The summed E-state index contributed by atoms with van der Waals surface area (Å²) in [7, 11) is 0. The zero-order valence-corrected chi connectivity index (χ0v) is 17.5. The highest BCUT2D eigenvalue weighted by atomic mass is 19.1. The molecule has 0 unspecified atom stereocenters. The Labute approximate surface area is 173 Å². The Morgan fingerprint density at radius 3 is 2.50 bits per heavy atom. The molecule has 3 aromatic rings. The molecule has 0 amide bonds. The molecule has 0 spiro atoms. The second kappa shape index (κ2) is 8.57. The highest BCUT2D eigenvalue weighted by Gasteiger charge is 2.25. The Kier molecular flexibility index (Phi) is 6.10. The van der Waals surface area contributed by atoms with Crippen molar-refractivity contribution in [3.8, 4) is 0 Å². The van der Waals surface area contributed by atoms with E-state index >= 15 is 0 Å². The van der Waals surface area contributed by atoms with Crippen LogP contribution in [-0.2, 0) is 13.2 Å². The summed E-state index contributed by atoms with van der Waals surface area (Å²) in [5.74, 6) is -0.782. The van der Waals surface area contributed by atoms with Crippen LogP contribution in [0.2, 0.25) is 0 Å². The average molecular weight is 409 g/mol. The molecule has 0 saturated carbocycles. The summed E-state index contributed by atoms with van der Waals surface area (Å²) in [6.07, 6.45) is 1.63. The Morgan fingerprint density at radius 1 is 1.13 bits per heavy atom. The van der Waals surface area contributed by atoms with Gasteiger partial charge < -0.3 is 0 Å². The van der Waals surface area contributed by atoms with Crippen molar-refractivity contribution in [1.29, 1.82) is 0 Å². The van der Waals surface area contributed by atoms with Crippen molar-refractivity contribution in [2.24, 2.45) is 0 Å². The van der Waals surface area contributed by atoms with E-state index < -0.39 is 23.7 Å². The first-order valence-electron chi connectivity index (χ1n) is 9.71. The van der Waals surface area contributed by atoms with Gasteiger partial charge in [-0.1, -0.05) is 25.5 Å². The number of carbonyl (C=O) groups excluding carboxylic acids is 1. The monoisotopic (exact) mass is 409 g/mol. The predicted octanol–water partition coefficient (Wildman–Crippen LogP) is 3.42. The summed E-state index contributed by atoms with van der Waals surface area (Å²) >= 11 is 0. The third-order valence-corrected chi connectivity index (χ3v) is 4.88. The summed E-state index contributed by atoms with van der Waals surface area (Å²) < 4.78 is 14.5. The maximum atomic E-state index is 13.5. The van der Waals surface area contributed by atoms with Crippen LogP contribution in [0.3, 0.4) is 0 Å². The van der Waals surface area contributed by atoms with Crippen molar-refractivity contribution < 1.29 is 9.18 Å². The number of carbonyl (C=O) groups is 1. The summed E-state index contributed by atoms with van der Waals surface area (Å²) in [6.45, 7) is 6.56. The van der Waals surface area contributed by atoms with E-state index in [2.05, 4.69) is 9.97 Å². The fraction of sp³-hybridized carbons (Fsp3) is 0.304. The van der Waals surface area contributed by atoms with Crippen molar-refractivity contribution in [1.82, 2.24) is 14.5 Å². The minimum Gasteiger partial charge on any atom is -0.287 e. The smallest absolute Gasteiger partial charge is 0.287 e. The minimum atomic E-state index is -0.711. The zero-order chi connectivity index (χ0) is 22.0. The predicted molar refractivity (Wildman–Crippen MR) is 113 cm³/mol. The summed E-state index contributed by atoms with van der Waals surface area (Å²) in [5, 5.41) is 0. The quantitative estimate of drug-likeness (QED) is 0.632. The molecule has 156 valence electrons. The lowest BCUT2D eigenvalue weighted by molar-refractivity contribution is 0.102. The SMILES string of the molecule is Cc1cc(CF)cc(C(=O)c2c(C(C)C)c(=O)[nH]c(=O)n2Cc2ccnc(C)c2)c1. The lowest BCUT2D eigenvalue weighted by atomic mass is 9.95. The molecule has 1 N–H and O–H groups in total. The number of ketones is 1. The number of H-pyrrole nitrogens is 1. The van der Waals surface area contributed by atoms with Crippen LogP contribution >= 0.6 is 0 Å². The Hall–Kier alpha value is -3.35. The van der Waals surface area contributed by atoms with Crippen LogP contribution in [0.15, 0.2) is 46.1 Å². The van der Waals surface area contributed by atoms with Gasteiger partial charge in [0.05, 0.1) is 6.54 Å². The molecule has 0 aliphatic rings. The molecular weight excluding hydrogens is 385 g/mol. The van der Waals surface area contributed by atoms with Crippen LogP contribution in [0.25, 0.3) is 0 Å². The molecule has 30 heavy (non-hydrogen) atoms. The molecule has 0 radical (unpaired) electrons.